The summed E-state index contributed by atoms with van der Waals surface area (Å²) in [5.74, 6) is 1.04. The van der Waals surface area contributed by atoms with E-state index in [9.17, 15) is 5.11 Å². The molecular formula is C17H29N3O. The zero-order valence-electron chi connectivity index (χ0n) is 13.7. The Morgan fingerprint density at radius 1 is 1.29 bits per heavy atom. The molecule has 0 bridgehead atoms. The maximum absolute atomic E-state index is 9.46. The van der Waals surface area contributed by atoms with Crippen LogP contribution in [0.25, 0.3) is 0 Å². The van der Waals surface area contributed by atoms with Crippen molar-refractivity contribution in [2.75, 3.05) is 31.1 Å². The predicted molar refractivity (Wildman–Crippen MR) is 87.7 cm³/mol. The van der Waals surface area contributed by atoms with Crippen molar-refractivity contribution < 1.29 is 5.11 Å². The molecule has 2 heterocycles. The van der Waals surface area contributed by atoms with E-state index in [-0.39, 0.29) is 6.61 Å². The van der Waals surface area contributed by atoms with Crippen LogP contribution in [0.1, 0.15) is 44.9 Å². The Labute approximate surface area is 128 Å². The smallest absolute Gasteiger partial charge is 0.129 e. The molecule has 0 aromatic carbocycles. The quantitative estimate of drug-likeness (QED) is 0.837. The lowest BCUT2D eigenvalue weighted by molar-refractivity contribution is 0.232. The van der Waals surface area contributed by atoms with E-state index in [4.69, 9.17) is 4.98 Å². The molecule has 1 aliphatic rings. The van der Waals surface area contributed by atoms with E-state index >= 15 is 0 Å². The molecule has 1 N–H and O–H groups in total. The Bertz CT molecular complexity index is 446. The van der Waals surface area contributed by atoms with Crippen LogP contribution in [0, 0.1) is 0 Å². The molecule has 0 spiro atoms. The van der Waals surface area contributed by atoms with Gasteiger partial charge in [-0.2, -0.15) is 0 Å². The van der Waals surface area contributed by atoms with Crippen LogP contribution >= 0.6 is 0 Å². The van der Waals surface area contributed by atoms with E-state index < -0.39 is 0 Å². The van der Waals surface area contributed by atoms with Crippen molar-refractivity contribution in [3.05, 3.63) is 23.4 Å². The highest BCUT2D eigenvalue weighted by Gasteiger charge is 2.27. The summed E-state index contributed by atoms with van der Waals surface area (Å²) in [7, 11) is 0. The molecule has 0 saturated carbocycles. The number of aryl methyl sites for hydroxylation is 1. The van der Waals surface area contributed by atoms with Crippen molar-refractivity contribution in [3.63, 3.8) is 0 Å². The second-order valence-corrected chi connectivity index (χ2v) is 5.84. The number of nitrogens with zero attached hydrogens (tertiary/aromatic N) is 3. The lowest BCUT2D eigenvalue weighted by Gasteiger charge is -2.26. The molecule has 21 heavy (non-hydrogen) atoms. The minimum absolute atomic E-state index is 0.0968. The molecule has 1 aliphatic heterocycles. The molecule has 118 valence electrons. The number of aliphatic hydroxyl groups excluding tert-OH is 1. The van der Waals surface area contributed by atoms with Crippen molar-refractivity contribution in [2.24, 2.45) is 0 Å². The number of hydrogen-bond acceptors (Lipinski definition) is 4. The fraction of sp³-hybridized carbons (Fsp3) is 0.706. The number of pyridine rings is 1. The second-order valence-electron chi connectivity index (χ2n) is 5.84. The topological polar surface area (TPSA) is 39.6 Å². The summed E-state index contributed by atoms with van der Waals surface area (Å²) in [6.45, 7) is 11.1. The van der Waals surface area contributed by atoms with Gasteiger partial charge in [-0.05, 0) is 43.6 Å². The number of rotatable bonds is 7. The van der Waals surface area contributed by atoms with Gasteiger partial charge in [0, 0.05) is 24.8 Å². The summed E-state index contributed by atoms with van der Waals surface area (Å²) in [5, 5.41) is 9.46. The summed E-state index contributed by atoms with van der Waals surface area (Å²) < 4.78 is 0. The van der Waals surface area contributed by atoms with Gasteiger partial charge in [0.25, 0.3) is 0 Å². The molecule has 2 rings (SSSR count). The number of aliphatic hydroxyl groups is 1. The van der Waals surface area contributed by atoms with Crippen molar-refractivity contribution >= 4 is 5.82 Å². The van der Waals surface area contributed by atoms with E-state index in [1.54, 1.807) is 0 Å². The van der Waals surface area contributed by atoms with Crippen LogP contribution in [0.4, 0.5) is 5.82 Å². The van der Waals surface area contributed by atoms with Crippen molar-refractivity contribution in [2.45, 2.75) is 52.7 Å². The standard InChI is InChI=1S/C17H29N3O/c1-4-7-15-10-14(13-21)11-17(18-15)20-9-8-16(12-20)19(5-2)6-3/h10-11,16,21H,4-9,12-13H2,1-3H3. The molecule has 0 amide bonds. The van der Waals surface area contributed by atoms with Gasteiger partial charge in [0.05, 0.1) is 6.61 Å². The van der Waals surface area contributed by atoms with Crippen molar-refractivity contribution in [1.82, 2.24) is 9.88 Å². The summed E-state index contributed by atoms with van der Waals surface area (Å²) >= 11 is 0. The van der Waals surface area contributed by atoms with Crippen LogP contribution < -0.4 is 4.90 Å². The molecule has 1 aromatic heterocycles. The number of likely N-dealkylation sites (N-methyl/N-ethyl adjacent to an activating group) is 1. The molecule has 1 atom stereocenters. The van der Waals surface area contributed by atoms with Gasteiger partial charge in [-0.25, -0.2) is 4.98 Å². The Balaban J connectivity index is 2.13. The van der Waals surface area contributed by atoms with E-state index in [0.717, 1.165) is 56.1 Å². The third kappa shape index (κ3) is 3.95. The number of hydrogen-bond donors (Lipinski definition) is 1. The lowest BCUT2D eigenvalue weighted by Crippen LogP contribution is -2.37. The Kier molecular flexibility index (Phi) is 6.00. The van der Waals surface area contributed by atoms with Crippen molar-refractivity contribution in [1.29, 1.82) is 0 Å². The largest absolute Gasteiger partial charge is 0.392 e. The lowest BCUT2D eigenvalue weighted by atomic mass is 10.1. The summed E-state index contributed by atoms with van der Waals surface area (Å²) in [5.41, 5.74) is 2.08. The van der Waals surface area contributed by atoms with Crippen LogP contribution in [0.2, 0.25) is 0 Å². The van der Waals surface area contributed by atoms with E-state index in [1.165, 1.54) is 6.42 Å². The molecule has 1 unspecified atom stereocenters. The average Bonchev–Trinajstić information content (AvgIpc) is 2.98. The van der Waals surface area contributed by atoms with Gasteiger partial charge in [0.2, 0.25) is 0 Å². The highest BCUT2D eigenvalue weighted by Crippen LogP contribution is 2.23. The molecule has 1 fully saturated rings. The number of aromatic nitrogens is 1. The molecule has 4 nitrogen and oxygen atoms in total. The van der Waals surface area contributed by atoms with Gasteiger partial charge in [-0.3, -0.25) is 4.90 Å². The van der Waals surface area contributed by atoms with Gasteiger partial charge in [-0.1, -0.05) is 27.2 Å². The Hall–Kier alpha value is -1.13. The van der Waals surface area contributed by atoms with Gasteiger partial charge in [0.15, 0.2) is 0 Å². The molecule has 1 aromatic rings. The summed E-state index contributed by atoms with van der Waals surface area (Å²) in [6, 6.07) is 4.71. The normalized spacial score (nSPS) is 18.7. The van der Waals surface area contributed by atoms with Crippen LogP contribution in [-0.2, 0) is 13.0 Å². The molecule has 0 aliphatic carbocycles. The predicted octanol–water partition coefficient (Wildman–Crippen LogP) is 2.45. The SMILES string of the molecule is CCCc1cc(CO)cc(N2CCC(N(CC)CC)C2)n1. The fourth-order valence-corrected chi connectivity index (χ4v) is 3.26. The summed E-state index contributed by atoms with van der Waals surface area (Å²) in [6.07, 6.45) is 3.27. The van der Waals surface area contributed by atoms with Crippen LogP contribution in [0.15, 0.2) is 12.1 Å². The van der Waals surface area contributed by atoms with Gasteiger partial charge >= 0.3 is 0 Å². The highest BCUT2D eigenvalue weighted by molar-refractivity contribution is 5.44. The van der Waals surface area contributed by atoms with Crippen molar-refractivity contribution in [3.8, 4) is 0 Å². The van der Waals surface area contributed by atoms with Gasteiger partial charge < -0.3 is 10.0 Å². The van der Waals surface area contributed by atoms with Crippen LogP contribution in [0.5, 0.6) is 0 Å². The van der Waals surface area contributed by atoms with E-state index in [0.29, 0.717) is 6.04 Å². The monoisotopic (exact) mass is 291 g/mol. The Morgan fingerprint density at radius 2 is 2.05 bits per heavy atom. The van der Waals surface area contributed by atoms with Gasteiger partial charge in [0.1, 0.15) is 5.82 Å². The van der Waals surface area contributed by atoms with E-state index in [2.05, 4.69) is 30.6 Å². The Morgan fingerprint density at radius 3 is 2.67 bits per heavy atom. The van der Waals surface area contributed by atoms with E-state index in [1.807, 2.05) is 12.1 Å². The van der Waals surface area contributed by atoms with Crippen LogP contribution in [-0.4, -0.2) is 47.2 Å². The average molecular weight is 291 g/mol. The zero-order valence-corrected chi connectivity index (χ0v) is 13.7. The number of anilines is 1. The maximum atomic E-state index is 9.46. The maximum Gasteiger partial charge on any atom is 0.129 e. The highest BCUT2D eigenvalue weighted by atomic mass is 16.3. The molecule has 4 heteroatoms. The molecular weight excluding hydrogens is 262 g/mol. The molecule has 1 saturated heterocycles. The zero-order chi connectivity index (χ0) is 15.2. The minimum atomic E-state index is 0.0968. The fourth-order valence-electron chi connectivity index (χ4n) is 3.26. The first-order valence-corrected chi connectivity index (χ1v) is 8.31. The minimum Gasteiger partial charge on any atom is -0.392 e. The molecule has 0 radical (unpaired) electrons. The summed E-state index contributed by atoms with van der Waals surface area (Å²) in [4.78, 5) is 9.70. The first-order chi connectivity index (χ1) is 10.2. The first kappa shape index (κ1) is 16.2. The van der Waals surface area contributed by atoms with Gasteiger partial charge in [-0.15, -0.1) is 0 Å². The first-order valence-electron chi connectivity index (χ1n) is 8.31. The third-order valence-corrected chi connectivity index (χ3v) is 4.43. The third-order valence-electron chi connectivity index (χ3n) is 4.43. The second kappa shape index (κ2) is 7.76. The van der Waals surface area contributed by atoms with Crippen LogP contribution in [0.3, 0.4) is 0 Å².